The molecule has 2 rings (SSSR count). The zero-order valence-electron chi connectivity index (χ0n) is 12.2. The number of carbonyl (C=O) groups excluding carboxylic acids is 1. The van der Waals surface area contributed by atoms with Crippen molar-refractivity contribution < 1.29 is 14.5 Å². The van der Waals surface area contributed by atoms with Crippen molar-refractivity contribution >= 4 is 22.9 Å². The third-order valence-corrected chi connectivity index (χ3v) is 3.88. The quantitative estimate of drug-likeness (QED) is 0.655. The van der Waals surface area contributed by atoms with Gasteiger partial charge in [-0.15, -0.1) is 11.3 Å². The molecule has 0 spiro atoms. The molecule has 1 heterocycles. The highest BCUT2D eigenvalue weighted by atomic mass is 32.1. The standard InChI is InChI=1S/C15H16N2O4S/c1-10-5-6-14(13(8-10)17(19)20)21-11(2)15(18)16-9-12-4-3-7-22-12/h3-8,11H,9H2,1-2H3,(H,16,18). The number of amides is 1. The maximum atomic E-state index is 12.0. The monoisotopic (exact) mass is 320 g/mol. The number of ether oxygens (including phenoxy) is 1. The molecule has 1 aromatic carbocycles. The van der Waals surface area contributed by atoms with Gasteiger partial charge >= 0.3 is 5.69 Å². The zero-order valence-corrected chi connectivity index (χ0v) is 13.1. The van der Waals surface area contributed by atoms with Crippen LogP contribution in [0.25, 0.3) is 0 Å². The number of nitro groups is 1. The van der Waals surface area contributed by atoms with Crippen LogP contribution in [0.15, 0.2) is 35.7 Å². The van der Waals surface area contributed by atoms with Gasteiger partial charge in [-0.3, -0.25) is 14.9 Å². The summed E-state index contributed by atoms with van der Waals surface area (Å²) in [6.07, 6.45) is -0.818. The van der Waals surface area contributed by atoms with Gasteiger partial charge in [-0.05, 0) is 36.9 Å². The number of aryl methyl sites for hydroxylation is 1. The Morgan fingerprint density at radius 2 is 2.23 bits per heavy atom. The van der Waals surface area contributed by atoms with Crippen LogP contribution in [0.4, 0.5) is 5.69 Å². The highest BCUT2D eigenvalue weighted by Crippen LogP contribution is 2.28. The molecule has 7 heteroatoms. The van der Waals surface area contributed by atoms with Crippen LogP contribution < -0.4 is 10.1 Å². The van der Waals surface area contributed by atoms with Gasteiger partial charge in [0.05, 0.1) is 11.5 Å². The van der Waals surface area contributed by atoms with Gasteiger partial charge in [0.25, 0.3) is 5.91 Å². The fourth-order valence-corrected chi connectivity index (χ4v) is 2.49. The molecule has 2 aromatic rings. The van der Waals surface area contributed by atoms with Crippen LogP contribution >= 0.6 is 11.3 Å². The number of benzene rings is 1. The fraction of sp³-hybridized carbons (Fsp3) is 0.267. The van der Waals surface area contributed by atoms with E-state index in [1.807, 2.05) is 17.5 Å². The van der Waals surface area contributed by atoms with Gasteiger partial charge < -0.3 is 10.1 Å². The molecule has 0 aliphatic heterocycles. The molecular weight excluding hydrogens is 304 g/mol. The molecule has 6 nitrogen and oxygen atoms in total. The van der Waals surface area contributed by atoms with E-state index in [4.69, 9.17) is 4.74 Å². The predicted octanol–water partition coefficient (Wildman–Crippen LogP) is 3.05. The molecular formula is C15H16N2O4S. The van der Waals surface area contributed by atoms with E-state index in [9.17, 15) is 14.9 Å². The number of thiophene rings is 1. The van der Waals surface area contributed by atoms with E-state index in [1.54, 1.807) is 31.3 Å². The average Bonchev–Trinajstić information content (AvgIpc) is 2.99. The highest BCUT2D eigenvalue weighted by molar-refractivity contribution is 7.09. The fourth-order valence-electron chi connectivity index (χ4n) is 1.84. The minimum absolute atomic E-state index is 0.0920. The number of hydrogen-bond donors (Lipinski definition) is 1. The Labute approximate surface area is 131 Å². The molecule has 1 unspecified atom stereocenters. The summed E-state index contributed by atoms with van der Waals surface area (Å²) < 4.78 is 5.44. The van der Waals surface area contributed by atoms with Crippen molar-refractivity contribution in [2.24, 2.45) is 0 Å². The van der Waals surface area contributed by atoms with Crippen LogP contribution in [0.1, 0.15) is 17.4 Å². The minimum atomic E-state index is -0.818. The van der Waals surface area contributed by atoms with Crippen molar-refractivity contribution in [3.05, 3.63) is 56.3 Å². The van der Waals surface area contributed by atoms with Crippen molar-refractivity contribution in [1.82, 2.24) is 5.32 Å². The number of nitrogens with one attached hydrogen (secondary N) is 1. The van der Waals surface area contributed by atoms with Crippen LogP contribution in [-0.2, 0) is 11.3 Å². The van der Waals surface area contributed by atoms with E-state index in [2.05, 4.69) is 5.32 Å². The molecule has 1 atom stereocenters. The second-order valence-electron chi connectivity index (χ2n) is 4.79. The molecule has 116 valence electrons. The highest BCUT2D eigenvalue weighted by Gasteiger charge is 2.21. The lowest BCUT2D eigenvalue weighted by atomic mass is 10.2. The maximum absolute atomic E-state index is 12.0. The van der Waals surface area contributed by atoms with Crippen LogP contribution in [0, 0.1) is 17.0 Å². The number of nitro benzene ring substituents is 1. The SMILES string of the molecule is Cc1ccc(OC(C)C(=O)NCc2cccs2)c([N+](=O)[O-])c1. The summed E-state index contributed by atoms with van der Waals surface area (Å²) in [7, 11) is 0. The molecule has 1 amide bonds. The Balaban J connectivity index is 2.00. The second-order valence-corrected chi connectivity index (χ2v) is 5.82. The predicted molar refractivity (Wildman–Crippen MR) is 84.1 cm³/mol. The molecule has 0 saturated carbocycles. The normalized spacial score (nSPS) is 11.7. The lowest BCUT2D eigenvalue weighted by molar-refractivity contribution is -0.386. The molecule has 0 radical (unpaired) electrons. The molecule has 1 aromatic heterocycles. The Morgan fingerprint density at radius 1 is 1.45 bits per heavy atom. The lowest BCUT2D eigenvalue weighted by Gasteiger charge is -2.14. The third kappa shape index (κ3) is 4.05. The Bertz CT molecular complexity index is 670. The first-order valence-corrected chi connectivity index (χ1v) is 7.57. The van der Waals surface area contributed by atoms with Crippen molar-refractivity contribution in [3.63, 3.8) is 0 Å². The van der Waals surface area contributed by atoms with E-state index in [0.29, 0.717) is 6.54 Å². The summed E-state index contributed by atoms with van der Waals surface area (Å²) in [5.74, 6) is -0.224. The molecule has 0 aliphatic carbocycles. The zero-order chi connectivity index (χ0) is 16.1. The minimum Gasteiger partial charge on any atom is -0.474 e. The summed E-state index contributed by atoms with van der Waals surface area (Å²) in [5, 5.41) is 15.7. The Morgan fingerprint density at radius 3 is 2.86 bits per heavy atom. The second kappa shape index (κ2) is 7.04. The van der Waals surface area contributed by atoms with Crippen LogP contribution in [-0.4, -0.2) is 16.9 Å². The topological polar surface area (TPSA) is 81.5 Å². The summed E-state index contributed by atoms with van der Waals surface area (Å²) in [4.78, 5) is 23.5. The van der Waals surface area contributed by atoms with E-state index < -0.39 is 11.0 Å². The van der Waals surface area contributed by atoms with E-state index in [-0.39, 0.29) is 17.3 Å². The van der Waals surface area contributed by atoms with Gasteiger partial charge in [-0.1, -0.05) is 12.1 Å². The summed E-state index contributed by atoms with van der Waals surface area (Å²) in [6, 6.07) is 8.46. The van der Waals surface area contributed by atoms with Gasteiger partial charge in [0, 0.05) is 10.9 Å². The largest absolute Gasteiger partial charge is 0.474 e. The van der Waals surface area contributed by atoms with Gasteiger partial charge in [-0.25, -0.2) is 0 Å². The van der Waals surface area contributed by atoms with Crippen LogP contribution in [0.5, 0.6) is 5.75 Å². The maximum Gasteiger partial charge on any atom is 0.311 e. The van der Waals surface area contributed by atoms with E-state index >= 15 is 0 Å². The van der Waals surface area contributed by atoms with Gasteiger partial charge in [0.2, 0.25) is 0 Å². The van der Waals surface area contributed by atoms with Crippen molar-refractivity contribution in [2.75, 3.05) is 0 Å². The molecule has 0 bridgehead atoms. The van der Waals surface area contributed by atoms with Crippen LogP contribution in [0.3, 0.4) is 0 Å². The number of nitrogens with zero attached hydrogens (tertiary/aromatic N) is 1. The van der Waals surface area contributed by atoms with Crippen molar-refractivity contribution in [1.29, 1.82) is 0 Å². The third-order valence-electron chi connectivity index (χ3n) is 3.00. The van der Waals surface area contributed by atoms with Crippen LogP contribution in [0.2, 0.25) is 0 Å². The summed E-state index contributed by atoms with van der Waals surface area (Å²) >= 11 is 1.54. The molecule has 0 saturated heterocycles. The smallest absolute Gasteiger partial charge is 0.311 e. The first kappa shape index (κ1) is 16.0. The van der Waals surface area contributed by atoms with E-state index in [1.165, 1.54) is 12.1 Å². The number of rotatable bonds is 6. The molecule has 22 heavy (non-hydrogen) atoms. The van der Waals surface area contributed by atoms with Gasteiger partial charge in [0.1, 0.15) is 0 Å². The van der Waals surface area contributed by atoms with Crippen molar-refractivity contribution in [2.45, 2.75) is 26.5 Å². The number of carbonyl (C=O) groups is 1. The summed E-state index contributed by atoms with van der Waals surface area (Å²) in [6.45, 7) is 3.74. The molecule has 0 fully saturated rings. The molecule has 1 N–H and O–H groups in total. The first-order chi connectivity index (χ1) is 10.5. The Hall–Kier alpha value is -2.41. The Kier molecular flexibility index (Phi) is 5.11. The number of hydrogen-bond acceptors (Lipinski definition) is 5. The average molecular weight is 320 g/mol. The van der Waals surface area contributed by atoms with E-state index in [0.717, 1.165) is 10.4 Å². The molecule has 0 aliphatic rings. The van der Waals surface area contributed by atoms with Crippen molar-refractivity contribution in [3.8, 4) is 5.75 Å². The first-order valence-electron chi connectivity index (χ1n) is 6.69. The van der Waals surface area contributed by atoms with Gasteiger partial charge in [0.15, 0.2) is 11.9 Å². The lowest BCUT2D eigenvalue weighted by Crippen LogP contribution is -2.35. The summed E-state index contributed by atoms with van der Waals surface area (Å²) in [5.41, 5.74) is 0.617. The van der Waals surface area contributed by atoms with Gasteiger partial charge in [-0.2, -0.15) is 0 Å².